The van der Waals surface area contributed by atoms with Crippen molar-refractivity contribution in [1.82, 2.24) is 9.78 Å². The summed E-state index contributed by atoms with van der Waals surface area (Å²) < 4.78 is 6.64. The highest BCUT2D eigenvalue weighted by Crippen LogP contribution is 2.16. The van der Waals surface area contributed by atoms with Gasteiger partial charge in [-0.1, -0.05) is 6.07 Å². The van der Waals surface area contributed by atoms with Crippen molar-refractivity contribution in [3.05, 3.63) is 42.2 Å². The van der Waals surface area contributed by atoms with Crippen molar-refractivity contribution in [2.75, 3.05) is 12.4 Å². The Morgan fingerprint density at radius 3 is 3.05 bits per heavy atom. The molecule has 6 nitrogen and oxygen atoms in total. The van der Waals surface area contributed by atoms with Crippen LogP contribution in [0.1, 0.15) is 5.56 Å². The van der Waals surface area contributed by atoms with Crippen LogP contribution in [0.3, 0.4) is 0 Å². The van der Waals surface area contributed by atoms with Crippen molar-refractivity contribution in [3.8, 4) is 5.75 Å². The second kappa shape index (κ2) is 6.01. The fraction of sp³-hybridized carbons (Fsp3) is 0.231. The van der Waals surface area contributed by atoms with E-state index in [1.807, 2.05) is 12.1 Å². The molecule has 1 amide bonds. The van der Waals surface area contributed by atoms with Crippen LogP contribution in [0, 0.1) is 0 Å². The lowest BCUT2D eigenvalue weighted by atomic mass is 10.3. The Kier molecular flexibility index (Phi) is 4.15. The number of benzene rings is 1. The first kappa shape index (κ1) is 13.1. The average molecular weight is 260 g/mol. The lowest BCUT2D eigenvalue weighted by Gasteiger charge is -2.07. The zero-order chi connectivity index (χ0) is 13.7. The van der Waals surface area contributed by atoms with Gasteiger partial charge in [0.15, 0.2) is 0 Å². The standard InChI is InChI=1S/C13H16N4O2/c1-19-12-4-2-3-11(5-12)16-13(18)9-17-8-10(6-14)7-15-17/h2-5,7-8H,6,9,14H2,1H3,(H,16,18). The van der Waals surface area contributed by atoms with Crippen LogP contribution in [0.25, 0.3) is 0 Å². The van der Waals surface area contributed by atoms with Crippen LogP contribution in [-0.4, -0.2) is 22.8 Å². The van der Waals surface area contributed by atoms with Crippen LogP contribution in [0.2, 0.25) is 0 Å². The molecule has 0 atom stereocenters. The molecule has 0 aliphatic rings. The highest BCUT2D eigenvalue weighted by molar-refractivity contribution is 5.90. The zero-order valence-corrected chi connectivity index (χ0v) is 10.7. The van der Waals surface area contributed by atoms with Gasteiger partial charge in [0.1, 0.15) is 12.3 Å². The number of aromatic nitrogens is 2. The maximum absolute atomic E-state index is 11.8. The SMILES string of the molecule is COc1cccc(NC(=O)Cn2cc(CN)cn2)c1. The minimum Gasteiger partial charge on any atom is -0.497 e. The molecule has 0 aliphatic heterocycles. The lowest BCUT2D eigenvalue weighted by molar-refractivity contribution is -0.116. The normalized spacial score (nSPS) is 10.2. The molecule has 0 spiro atoms. The molecule has 0 bridgehead atoms. The number of methoxy groups -OCH3 is 1. The number of anilines is 1. The highest BCUT2D eigenvalue weighted by atomic mass is 16.5. The van der Waals surface area contributed by atoms with Crippen molar-refractivity contribution in [1.29, 1.82) is 0 Å². The molecule has 2 rings (SSSR count). The summed E-state index contributed by atoms with van der Waals surface area (Å²) in [6.45, 7) is 0.564. The Hall–Kier alpha value is -2.34. The van der Waals surface area contributed by atoms with Gasteiger partial charge in [0.2, 0.25) is 5.91 Å². The van der Waals surface area contributed by atoms with E-state index in [1.165, 1.54) is 0 Å². The van der Waals surface area contributed by atoms with Crippen LogP contribution in [-0.2, 0) is 17.9 Å². The van der Waals surface area contributed by atoms with Crippen molar-refractivity contribution < 1.29 is 9.53 Å². The number of nitrogens with zero attached hydrogens (tertiary/aromatic N) is 2. The monoisotopic (exact) mass is 260 g/mol. The summed E-state index contributed by atoms with van der Waals surface area (Å²) in [5, 5.41) is 6.83. The Balaban J connectivity index is 1.96. The van der Waals surface area contributed by atoms with E-state index in [4.69, 9.17) is 10.5 Å². The third-order valence-electron chi connectivity index (χ3n) is 2.58. The average Bonchev–Trinajstić information content (AvgIpc) is 2.86. The Bertz CT molecular complexity index is 565. The molecule has 0 aliphatic carbocycles. The van der Waals surface area contributed by atoms with Gasteiger partial charge in [0.05, 0.1) is 13.3 Å². The molecule has 1 aromatic carbocycles. The van der Waals surface area contributed by atoms with Crippen molar-refractivity contribution in [3.63, 3.8) is 0 Å². The summed E-state index contributed by atoms with van der Waals surface area (Å²) in [5.74, 6) is 0.544. The van der Waals surface area contributed by atoms with Gasteiger partial charge in [-0.3, -0.25) is 9.48 Å². The maximum atomic E-state index is 11.8. The molecule has 1 heterocycles. The van der Waals surface area contributed by atoms with E-state index in [1.54, 1.807) is 36.3 Å². The third kappa shape index (κ3) is 3.56. The van der Waals surface area contributed by atoms with Crippen LogP contribution in [0.4, 0.5) is 5.69 Å². The summed E-state index contributed by atoms with van der Waals surface area (Å²) in [7, 11) is 1.58. The largest absolute Gasteiger partial charge is 0.497 e. The lowest BCUT2D eigenvalue weighted by Crippen LogP contribution is -2.19. The number of carbonyl (C=O) groups excluding carboxylic acids is 1. The summed E-state index contributed by atoms with van der Waals surface area (Å²) in [6, 6.07) is 7.19. The van der Waals surface area contributed by atoms with Gasteiger partial charge in [0.25, 0.3) is 0 Å². The fourth-order valence-corrected chi connectivity index (χ4v) is 1.65. The number of nitrogens with one attached hydrogen (secondary N) is 1. The molecule has 0 fully saturated rings. The molecular weight excluding hydrogens is 244 g/mol. The van der Waals surface area contributed by atoms with Gasteiger partial charge in [-0.25, -0.2) is 0 Å². The molecule has 0 saturated carbocycles. The van der Waals surface area contributed by atoms with Crippen molar-refractivity contribution in [2.24, 2.45) is 5.73 Å². The first-order valence-corrected chi connectivity index (χ1v) is 5.86. The predicted molar refractivity (Wildman–Crippen MR) is 71.7 cm³/mol. The maximum Gasteiger partial charge on any atom is 0.246 e. The summed E-state index contributed by atoms with van der Waals surface area (Å²) in [4.78, 5) is 11.8. The number of hydrogen-bond donors (Lipinski definition) is 2. The van der Waals surface area contributed by atoms with E-state index in [2.05, 4.69) is 10.4 Å². The quantitative estimate of drug-likeness (QED) is 0.840. The van der Waals surface area contributed by atoms with E-state index in [0.717, 1.165) is 5.56 Å². The zero-order valence-electron chi connectivity index (χ0n) is 10.7. The molecule has 6 heteroatoms. The molecular formula is C13H16N4O2. The molecule has 0 saturated heterocycles. The molecule has 0 radical (unpaired) electrons. The second-order valence-electron chi connectivity index (χ2n) is 4.03. The van der Waals surface area contributed by atoms with Crippen molar-refractivity contribution in [2.45, 2.75) is 13.1 Å². The fourth-order valence-electron chi connectivity index (χ4n) is 1.65. The summed E-state index contributed by atoms with van der Waals surface area (Å²) >= 11 is 0. The Morgan fingerprint density at radius 2 is 2.37 bits per heavy atom. The summed E-state index contributed by atoms with van der Waals surface area (Å²) in [6.07, 6.45) is 3.41. The molecule has 2 aromatic rings. The Morgan fingerprint density at radius 1 is 1.53 bits per heavy atom. The third-order valence-corrected chi connectivity index (χ3v) is 2.58. The first-order chi connectivity index (χ1) is 9.21. The van der Waals surface area contributed by atoms with E-state index in [9.17, 15) is 4.79 Å². The minimum atomic E-state index is -0.153. The smallest absolute Gasteiger partial charge is 0.246 e. The molecule has 100 valence electrons. The predicted octanol–water partition coefficient (Wildman–Crippen LogP) is 0.989. The number of ether oxygens (including phenoxy) is 1. The van der Waals surface area contributed by atoms with Crippen LogP contribution >= 0.6 is 0 Å². The van der Waals surface area contributed by atoms with Crippen molar-refractivity contribution >= 4 is 11.6 Å². The van der Waals surface area contributed by atoms with Gasteiger partial charge >= 0.3 is 0 Å². The van der Waals surface area contributed by atoms with Crippen LogP contribution in [0.15, 0.2) is 36.7 Å². The molecule has 3 N–H and O–H groups in total. The molecule has 19 heavy (non-hydrogen) atoms. The highest BCUT2D eigenvalue weighted by Gasteiger charge is 2.05. The van der Waals surface area contributed by atoms with Gasteiger partial charge in [-0.15, -0.1) is 0 Å². The Labute approximate surface area is 111 Å². The van der Waals surface area contributed by atoms with E-state index < -0.39 is 0 Å². The second-order valence-corrected chi connectivity index (χ2v) is 4.03. The molecule has 0 unspecified atom stereocenters. The van der Waals surface area contributed by atoms with E-state index >= 15 is 0 Å². The van der Waals surface area contributed by atoms with Gasteiger partial charge < -0.3 is 15.8 Å². The van der Waals surface area contributed by atoms with Gasteiger partial charge in [-0.2, -0.15) is 5.10 Å². The van der Waals surface area contributed by atoms with Gasteiger partial charge in [0, 0.05) is 30.1 Å². The number of rotatable bonds is 5. The van der Waals surface area contributed by atoms with E-state index in [0.29, 0.717) is 18.0 Å². The molecule has 1 aromatic heterocycles. The topological polar surface area (TPSA) is 82.2 Å². The van der Waals surface area contributed by atoms with Gasteiger partial charge in [-0.05, 0) is 12.1 Å². The number of hydrogen-bond acceptors (Lipinski definition) is 4. The number of nitrogens with two attached hydrogens (primary N) is 1. The number of amides is 1. The first-order valence-electron chi connectivity index (χ1n) is 5.86. The van der Waals surface area contributed by atoms with E-state index in [-0.39, 0.29) is 12.5 Å². The van der Waals surface area contributed by atoms with Crippen LogP contribution < -0.4 is 15.8 Å². The van der Waals surface area contributed by atoms with Crippen LogP contribution in [0.5, 0.6) is 5.75 Å². The summed E-state index contributed by atoms with van der Waals surface area (Å²) in [5.41, 5.74) is 7.07. The number of carbonyl (C=O) groups is 1. The minimum absolute atomic E-state index is 0.150.